The quantitative estimate of drug-likeness (QED) is 0.0216. The number of hydrogen-bond donors (Lipinski definition) is 4. The average Bonchev–Trinajstić information content (AvgIpc) is 3.28. The maximum absolute atomic E-state index is 14.0. The number of hydrogen-bond acceptors (Lipinski definition) is 12. The Morgan fingerprint density at radius 1 is 0.557 bits per heavy atom. The summed E-state index contributed by atoms with van der Waals surface area (Å²) in [6, 6.07) is 28.5. The average molecular weight is 835 g/mol. The van der Waals surface area contributed by atoms with E-state index in [1.165, 1.54) is 26.4 Å². The van der Waals surface area contributed by atoms with Crippen molar-refractivity contribution in [1.82, 2.24) is 0 Å². The van der Waals surface area contributed by atoms with Crippen molar-refractivity contribution in [3.63, 3.8) is 0 Å². The highest BCUT2D eigenvalue weighted by molar-refractivity contribution is 5.89. The lowest BCUT2D eigenvalue weighted by atomic mass is 9.65. The molecule has 0 heterocycles. The van der Waals surface area contributed by atoms with Crippen LogP contribution in [0.25, 0.3) is 12.2 Å². The van der Waals surface area contributed by atoms with Gasteiger partial charge in [-0.15, -0.1) is 0 Å². The number of ether oxygens (including phenoxy) is 4. The van der Waals surface area contributed by atoms with Gasteiger partial charge >= 0.3 is 11.9 Å². The normalized spacial score (nSPS) is 12.5. The fraction of sp³-hybridized carbons (Fsp3) is 0.347. The van der Waals surface area contributed by atoms with E-state index < -0.39 is 41.1 Å². The molecule has 0 saturated carbocycles. The third-order valence-electron chi connectivity index (χ3n) is 10.5. The van der Waals surface area contributed by atoms with Crippen molar-refractivity contribution in [3.05, 3.63) is 131 Å². The summed E-state index contributed by atoms with van der Waals surface area (Å²) in [6.45, 7) is 0.811. The second kappa shape index (κ2) is 24.7. The number of ketones is 2. The number of benzene rings is 4. The molecule has 4 aromatic carbocycles. The number of aliphatic hydroxyl groups is 2. The van der Waals surface area contributed by atoms with Gasteiger partial charge in [-0.1, -0.05) is 60.7 Å². The van der Waals surface area contributed by atoms with Crippen molar-refractivity contribution in [3.8, 4) is 11.5 Å². The Kier molecular flexibility index (Phi) is 19.2. The molecule has 2 unspecified atom stereocenters. The molecule has 0 aliphatic heterocycles. The van der Waals surface area contributed by atoms with Crippen LogP contribution in [0, 0.1) is 5.41 Å². The lowest BCUT2D eigenvalue weighted by Gasteiger charge is -2.41. The van der Waals surface area contributed by atoms with E-state index in [-0.39, 0.29) is 25.7 Å². The van der Waals surface area contributed by atoms with Crippen molar-refractivity contribution < 1.29 is 48.3 Å². The summed E-state index contributed by atoms with van der Waals surface area (Å²) in [7, 11) is 2.63. The molecule has 0 radical (unpaired) electrons. The number of carbonyl (C=O) groups is 4. The topological polar surface area (TPSA) is 198 Å². The summed E-state index contributed by atoms with van der Waals surface area (Å²) in [5.74, 6) is -0.540. The molecule has 12 heteroatoms. The van der Waals surface area contributed by atoms with E-state index in [1.54, 1.807) is 84.9 Å². The van der Waals surface area contributed by atoms with E-state index in [9.17, 15) is 29.4 Å². The first-order chi connectivity index (χ1) is 29.4. The Hall–Kier alpha value is -6.24. The molecule has 0 amide bonds. The van der Waals surface area contributed by atoms with Crippen molar-refractivity contribution in [1.29, 1.82) is 0 Å². The number of nitrogens with two attached hydrogens (primary N) is 2. The van der Waals surface area contributed by atoms with Crippen LogP contribution >= 0.6 is 0 Å². The van der Waals surface area contributed by atoms with Gasteiger partial charge in [0, 0.05) is 41.8 Å². The van der Waals surface area contributed by atoms with Gasteiger partial charge < -0.3 is 40.6 Å². The molecule has 324 valence electrons. The summed E-state index contributed by atoms with van der Waals surface area (Å²) in [5.41, 5.74) is 14.7. The molecule has 0 spiro atoms. The molecule has 0 fully saturated rings. The summed E-state index contributed by atoms with van der Waals surface area (Å²) in [4.78, 5) is 50.6. The Bertz CT molecular complexity index is 1930. The number of methoxy groups -OCH3 is 2. The second-order valence-corrected chi connectivity index (χ2v) is 14.9. The molecule has 0 saturated heterocycles. The predicted molar refractivity (Wildman–Crippen MR) is 236 cm³/mol. The lowest BCUT2D eigenvalue weighted by Crippen LogP contribution is -2.55. The minimum atomic E-state index is -1.72. The van der Waals surface area contributed by atoms with Crippen LogP contribution in [0.2, 0.25) is 0 Å². The molecule has 61 heavy (non-hydrogen) atoms. The van der Waals surface area contributed by atoms with E-state index in [0.717, 1.165) is 11.1 Å². The molecule has 4 aromatic rings. The Morgan fingerprint density at radius 2 is 0.934 bits per heavy atom. The monoisotopic (exact) mass is 834 g/mol. The van der Waals surface area contributed by atoms with Gasteiger partial charge in [0.2, 0.25) is 0 Å². The van der Waals surface area contributed by atoms with Gasteiger partial charge in [0.25, 0.3) is 0 Å². The van der Waals surface area contributed by atoms with Gasteiger partial charge in [0.05, 0.1) is 27.4 Å². The number of Topliss-reactive ketones (excluding diaryl/α,β-unsaturated/α-hetero) is 2. The minimum Gasteiger partial charge on any atom is -0.494 e. The van der Waals surface area contributed by atoms with Crippen LogP contribution < -0.4 is 20.9 Å². The van der Waals surface area contributed by atoms with Gasteiger partial charge in [-0.05, 0) is 122 Å². The van der Waals surface area contributed by atoms with Crippen LogP contribution in [-0.2, 0) is 41.5 Å². The predicted octanol–water partition coefficient (Wildman–Crippen LogP) is 7.13. The second-order valence-electron chi connectivity index (χ2n) is 14.9. The number of aliphatic hydroxyl groups excluding tert-OH is 2. The van der Waals surface area contributed by atoms with Gasteiger partial charge in [0.1, 0.15) is 23.7 Å². The van der Waals surface area contributed by atoms with Crippen molar-refractivity contribution in [2.75, 3.05) is 38.9 Å². The fourth-order valence-electron chi connectivity index (χ4n) is 6.96. The minimum absolute atomic E-state index is 0.0204. The molecule has 0 bridgehead atoms. The third kappa shape index (κ3) is 15.1. The number of rotatable bonds is 26. The van der Waals surface area contributed by atoms with E-state index in [1.807, 2.05) is 24.3 Å². The number of esters is 2. The zero-order chi connectivity index (χ0) is 44.0. The highest BCUT2D eigenvalue weighted by Gasteiger charge is 2.50. The van der Waals surface area contributed by atoms with Gasteiger partial charge in [-0.25, -0.2) is 9.59 Å². The zero-order valence-corrected chi connectivity index (χ0v) is 35.0. The van der Waals surface area contributed by atoms with Crippen LogP contribution in [0.15, 0.2) is 109 Å². The number of nitrogen functional groups attached to an aromatic ring is 2. The fourth-order valence-corrected chi connectivity index (χ4v) is 6.96. The zero-order valence-electron chi connectivity index (χ0n) is 35.0. The largest absolute Gasteiger partial charge is 0.494 e. The molecular weight excluding hydrogens is 777 g/mol. The van der Waals surface area contributed by atoms with E-state index in [4.69, 9.17) is 20.9 Å². The molecule has 2 atom stereocenters. The van der Waals surface area contributed by atoms with Crippen LogP contribution in [-0.4, -0.2) is 73.4 Å². The maximum Gasteiger partial charge on any atom is 0.330 e. The molecule has 0 aliphatic carbocycles. The number of anilines is 2. The first kappa shape index (κ1) is 47.4. The standard InChI is InChI=1S/C49H58N2O10/c1-58-45(54)29-23-35-19-25-39(26-20-35)60-31-11-3-5-17-43(52)47(56)49(33-37-13-7-9-15-41(37)50,34-38-14-8-10-16-42(38)51)48(57)44(53)18-6-4-12-32-61-40-27-21-36(22-28-40)24-30-46(55)59-2/h7-10,13-16,19-30,47-48,56-57H,3-6,11-12,17-18,31-34,50-51H2,1-2H3/b29-23+,30-24+. The van der Waals surface area contributed by atoms with E-state index in [0.29, 0.717) is 85.7 Å². The number of para-hydroxylation sites is 2. The first-order valence-corrected chi connectivity index (χ1v) is 20.5. The van der Waals surface area contributed by atoms with Gasteiger partial charge in [-0.2, -0.15) is 0 Å². The summed E-state index contributed by atoms with van der Waals surface area (Å²) in [5, 5.41) is 24.2. The SMILES string of the molecule is COC(=O)/C=C/c1ccc(OCCCCCC(=O)C(O)C(Cc2ccccc2N)(Cc2ccccc2N)C(O)C(=O)CCCCCOc2ccc(/C=C/C(=O)OC)cc2)cc1. The number of carbonyl (C=O) groups excluding carboxylic acids is 4. The first-order valence-electron chi connectivity index (χ1n) is 20.5. The van der Waals surface area contributed by atoms with Crippen LogP contribution in [0.1, 0.15) is 73.6 Å². The van der Waals surface area contributed by atoms with Crippen molar-refractivity contribution in [2.24, 2.45) is 5.41 Å². The molecule has 4 rings (SSSR count). The molecule has 0 aromatic heterocycles. The maximum atomic E-state index is 14.0. The third-order valence-corrected chi connectivity index (χ3v) is 10.5. The smallest absolute Gasteiger partial charge is 0.330 e. The number of unbranched alkanes of at least 4 members (excludes halogenated alkanes) is 4. The van der Waals surface area contributed by atoms with E-state index >= 15 is 0 Å². The van der Waals surface area contributed by atoms with Crippen molar-refractivity contribution in [2.45, 2.75) is 76.4 Å². The van der Waals surface area contributed by atoms with E-state index in [2.05, 4.69) is 9.47 Å². The van der Waals surface area contributed by atoms with Crippen LogP contribution in [0.4, 0.5) is 11.4 Å². The highest BCUT2D eigenvalue weighted by atomic mass is 16.5. The Morgan fingerprint density at radius 3 is 1.30 bits per heavy atom. The Balaban J connectivity index is 1.39. The summed E-state index contributed by atoms with van der Waals surface area (Å²) >= 11 is 0. The molecule has 6 N–H and O–H groups in total. The highest BCUT2D eigenvalue weighted by Crippen LogP contribution is 2.40. The lowest BCUT2D eigenvalue weighted by molar-refractivity contribution is -0.152. The van der Waals surface area contributed by atoms with Crippen LogP contribution in [0.5, 0.6) is 11.5 Å². The molecule has 12 nitrogen and oxygen atoms in total. The Labute approximate surface area is 358 Å². The van der Waals surface area contributed by atoms with Crippen LogP contribution in [0.3, 0.4) is 0 Å². The van der Waals surface area contributed by atoms with Gasteiger partial charge in [0.15, 0.2) is 11.6 Å². The molecule has 0 aliphatic rings. The molecular formula is C49H58N2O10. The summed E-state index contributed by atoms with van der Waals surface area (Å²) in [6.07, 6.45) is 5.94. The van der Waals surface area contributed by atoms with Crippen molar-refractivity contribution >= 4 is 47.0 Å². The summed E-state index contributed by atoms with van der Waals surface area (Å²) < 4.78 is 20.9. The van der Waals surface area contributed by atoms with Gasteiger partial charge in [-0.3, -0.25) is 9.59 Å².